The third-order valence-electron chi connectivity index (χ3n) is 6.26. The zero-order valence-electron chi connectivity index (χ0n) is 21.1. The number of anilines is 2. The molecule has 2 N–H and O–H groups in total. The second kappa shape index (κ2) is 10.5. The number of aromatic nitrogens is 5. The lowest BCUT2D eigenvalue weighted by atomic mass is 10.1. The van der Waals surface area contributed by atoms with Crippen molar-refractivity contribution in [3.05, 3.63) is 84.2 Å². The van der Waals surface area contributed by atoms with Crippen molar-refractivity contribution in [2.24, 2.45) is 0 Å². The van der Waals surface area contributed by atoms with Crippen LogP contribution in [0, 0.1) is 0 Å². The average molecular weight is 496 g/mol. The van der Waals surface area contributed by atoms with E-state index >= 15 is 0 Å². The second-order valence-electron chi connectivity index (χ2n) is 8.65. The lowest BCUT2D eigenvalue weighted by Crippen LogP contribution is -2.24. The summed E-state index contributed by atoms with van der Waals surface area (Å²) in [7, 11) is 3.34. The van der Waals surface area contributed by atoms with E-state index in [1.807, 2.05) is 48.0 Å². The number of rotatable bonds is 9. The van der Waals surface area contributed by atoms with Gasteiger partial charge in [0.05, 0.1) is 26.1 Å². The van der Waals surface area contributed by atoms with E-state index in [0.717, 1.165) is 50.6 Å². The number of methoxy groups -OCH3 is 2. The summed E-state index contributed by atoms with van der Waals surface area (Å²) >= 11 is 0. The second-order valence-corrected chi connectivity index (χ2v) is 8.65. The molecule has 0 radical (unpaired) electrons. The normalized spacial score (nSPS) is 11.0. The van der Waals surface area contributed by atoms with E-state index in [2.05, 4.69) is 44.5 Å². The highest BCUT2D eigenvalue weighted by Crippen LogP contribution is 2.32. The highest BCUT2D eigenvalue weighted by Gasteiger charge is 2.18. The minimum atomic E-state index is 0.453. The van der Waals surface area contributed by atoms with Crippen molar-refractivity contribution < 1.29 is 9.47 Å². The van der Waals surface area contributed by atoms with Crippen molar-refractivity contribution in [3.8, 4) is 22.9 Å². The first kappa shape index (κ1) is 24.1. The van der Waals surface area contributed by atoms with E-state index in [1.165, 1.54) is 0 Å². The Balaban J connectivity index is 1.64. The molecular formula is C28H29N7O2. The summed E-state index contributed by atoms with van der Waals surface area (Å²) in [4.78, 5) is 11.8. The van der Waals surface area contributed by atoms with Gasteiger partial charge in [-0.1, -0.05) is 29.5 Å². The van der Waals surface area contributed by atoms with E-state index < -0.39 is 0 Å². The number of nitrogen functional groups attached to an aromatic ring is 1. The molecule has 0 bridgehead atoms. The Morgan fingerprint density at radius 1 is 0.865 bits per heavy atom. The van der Waals surface area contributed by atoms with Crippen molar-refractivity contribution in [2.75, 3.05) is 24.9 Å². The van der Waals surface area contributed by atoms with Gasteiger partial charge >= 0.3 is 0 Å². The molecule has 0 aliphatic carbocycles. The monoisotopic (exact) mass is 495 g/mol. The molecule has 0 atom stereocenters. The smallest absolute Gasteiger partial charge is 0.139 e. The maximum atomic E-state index is 6.08. The van der Waals surface area contributed by atoms with Gasteiger partial charge in [-0.05, 0) is 59.8 Å². The van der Waals surface area contributed by atoms with Crippen LogP contribution >= 0.6 is 0 Å². The number of ether oxygens (including phenoxy) is 2. The third kappa shape index (κ3) is 5.16. The van der Waals surface area contributed by atoms with Crippen LogP contribution < -0.4 is 20.1 Å². The van der Waals surface area contributed by atoms with Crippen LogP contribution in [0.4, 0.5) is 11.6 Å². The number of hydrogen-bond acceptors (Lipinski definition) is 8. The fraction of sp³-hybridized carbons (Fsp3) is 0.214. The standard InChI is InChI=1S/C28H29N7O2/c1-4-35-26(16-31-33-35)25-13-21-14-27(29)30-15-24(21)28(32-25)34(17-19-5-9-22(36-2)10-6-19)18-20-7-11-23(37-3)12-8-20/h5-16H,4,17-18H2,1-3H3,(H2,29,30). The number of hydrogen-bond donors (Lipinski definition) is 1. The quantitative estimate of drug-likeness (QED) is 0.313. The Hall–Kier alpha value is -4.66. The number of pyridine rings is 2. The van der Waals surface area contributed by atoms with Gasteiger partial charge in [0.25, 0.3) is 0 Å². The molecule has 0 fully saturated rings. The van der Waals surface area contributed by atoms with Gasteiger partial charge in [-0.25, -0.2) is 14.6 Å². The van der Waals surface area contributed by atoms with Crippen LogP contribution in [0.15, 0.2) is 73.1 Å². The summed E-state index contributed by atoms with van der Waals surface area (Å²) in [5.41, 5.74) is 9.94. The Bertz CT molecular complexity index is 1450. The Kier molecular flexibility index (Phi) is 6.85. The first-order valence-electron chi connectivity index (χ1n) is 12.0. The number of aryl methyl sites for hydroxylation is 1. The predicted octanol–water partition coefficient (Wildman–Crippen LogP) is 4.71. The first-order valence-corrected chi connectivity index (χ1v) is 12.0. The van der Waals surface area contributed by atoms with E-state index in [-0.39, 0.29) is 0 Å². The van der Waals surface area contributed by atoms with Crippen molar-refractivity contribution in [3.63, 3.8) is 0 Å². The van der Waals surface area contributed by atoms with Crippen molar-refractivity contribution in [2.45, 2.75) is 26.6 Å². The SMILES string of the molecule is CCn1nncc1-c1cc2cc(N)ncc2c(N(Cc2ccc(OC)cc2)Cc2ccc(OC)cc2)n1. The molecule has 3 heterocycles. The van der Waals surface area contributed by atoms with Crippen LogP contribution in [0.1, 0.15) is 18.1 Å². The number of nitrogens with zero attached hydrogens (tertiary/aromatic N) is 6. The van der Waals surface area contributed by atoms with Crippen LogP contribution in [-0.2, 0) is 19.6 Å². The zero-order chi connectivity index (χ0) is 25.8. The molecule has 0 amide bonds. The molecule has 3 aromatic heterocycles. The molecule has 0 saturated heterocycles. The van der Waals surface area contributed by atoms with E-state index in [4.69, 9.17) is 20.2 Å². The van der Waals surface area contributed by atoms with E-state index in [0.29, 0.717) is 25.5 Å². The summed E-state index contributed by atoms with van der Waals surface area (Å²) in [6.45, 7) is 3.96. The molecule has 188 valence electrons. The summed E-state index contributed by atoms with van der Waals surface area (Å²) < 4.78 is 12.5. The molecule has 37 heavy (non-hydrogen) atoms. The fourth-order valence-corrected chi connectivity index (χ4v) is 4.32. The summed E-state index contributed by atoms with van der Waals surface area (Å²) in [6.07, 6.45) is 3.53. The Morgan fingerprint density at radius 3 is 2.05 bits per heavy atom. The van der Waals surface area contributed by atoms with Crippen molar-refractivity contribution in [1.29, 1.82) is 0 Å². The van der Waals surface area contributed by atoms with Gasteiger partial charge in [0, 0.05) is 31.2 Å². The van der Waals surface area contributed by atoms with E-state index in [1.54, 1.807) is 26.6 Å². The molecular weight excluding hydrogens is 466 g/mol. The van der Waals surface area contributed by atoms with Gasteiger partial charge in [-0.2, -0.15) is 0 Å². The largest absolute Gasteiger partial charge is 0.497 e. The Morgan fingerprint density at radius 2 is 1.49 bits per heavy atom. The highest BCUT2D eigenvalue weighted by molar-refractivity contribution is 5.95. The Labute approximate surface area is 215 Å². The minimum absolute atomic E-state index is 0.453. The van der Waals surface area contributed by atoms with Crippen LogP contribution in [0.25, 0.3) is 22.2 Å². The fourth-order valence-electron chi connectivity index (χ4n) is 4.32. The number of benzene rings is 2. The molecule has 0 unspecified atom stereocenters. The molecule has 0 aliphatic heterocycles. The van der Waals surface area contributed by atoms with Crippen molar-refractivity contribution >= 4 is 22.4 Å². The number of nitrogens with two attached hydrogens (primary N) is 1. The van der Waals surface area contributed by atoms with Gasteiger partial charge in [0.2, 0.25) is 0 Å². The maximum absolute atomic E-state index is 6.08. The topological polar surface area (TPSA) is 104 Å². The summed E-state index contributed by atoms with van der Waals surface area (Å²) in [6, 6.07) is 20.0. The number of fused-ring (bicyclic) bond motifs is 1. The van der Waals surface area contributed by atoms with Gasteiger partial charge < -0.3 is 20.1 Å². The van der Waals surface area contributed by atoms with Crippen LogP contribution in [0.5, 0.6) is 11.5 Å². The molecule has 5 aromatic rings. The maximum Gasteiger partial charge on any atom is 0.139 e. The lowest BCUT2D eigenvalue weighted by molar-refractivity contribution is 0.414. The first-order chi connectivity index (χ1) is 18.1. The molecule has 0 saturated carbocycles. The molecule has 9 nitrogen and oxygen atoms in total. The predicted molar refractivity (Wildman–Crippen MR) is 145 cm³/mol. The molecule has 5 rings (SSSR count). The third-order valence-corrected chi connectivity index (χ3v) is 6.26. The summed E-state index contributed by atoms with van der Waals surface area (Å²) in [5, 5.41) is 10.2. The average Bonchev–Trinajstić information content (AvgIpc) is 3.42. The molecule has 2 aromatic carbocycles. The molecule has 9 heteroatoms. The van der Waals surface area contributed by atoms with Crippen LogP contribution in [0.3, 0.4) is 0 Å². The van der Waals surface area contributed by atoms with Gasteiger partial charge in [0.1, 0.15) is 28.8 Å². The van der Waals surface area contributed by atoms with Gasteiger partial charge in [0.15, 0.2) is 0 Å². The van der Waals surface area contributed by atoms with Crippen LogP contribution in [-0.4, -0.2) is 39.2 Å². The van der Waals surface area contributed by atoms with Crippen molar-refractivity contribution in [1.82, 2.24) is 25.0 Å². The minimum Gasteiger partial charge on any atom is -0.497 e. The molecule has 0 aliphatic rings. The highest BCUT2D eigenvalue weighted by atomic mass is 16.5. The zero-order valence-corrected chi connectivity index (χ0v) is 21.1. The van der Waals surface area contributed by atoms with Gasteiger partial charge in [-0.15, -0.1) is 5.10 Å². The van der Waals surface area contributed by atoms with Gasteiger partial charge in [-0.3, -0.25) is 0 Å². The lowest BCUT2D eigenvalue weighted by Gasteiger charge is -2.26. The van der Waals surface area contributed by atoms with E-state index in [9.17, 15) is 0 Å². The summed E-state index contributed by atoms with van der Waals surface area (Å²) in [5.74, 6) is 2.89. The van der Waals surface area contributed by atoms with Crippen LogP contribution in [0.2, 0.25) is 0 Å². The molecule has 0 spiro atoms.